The van der Waals surface area contributed by atoms with Crippen LogP contribution in [0.4, 0.5) is 0 Å². The normalized spacial score (nSPS) is 11.6. The molecule has 0 spiro atoms. The topological polar surface area (TPSA) is 20.2 Å². The van der Waals surface area contributed by atoms with E-state index in [9.17, 15) is 0 Å². The third-order valence-corrected chi connectivity index (χ3v) is 0. The van der Waals surface area contributed by atoms with Gasteiger partial charge in [-0.3, -0.25) is 0 Å². The molecule has 0 amide bonds. The molecule has 0 saturated heterocycles. The monoisotopic (exact) mass is 148 g/mol. The second-order valence-electron chi connectivity index (χ2n) is 2.17. The predicted octanol–water partition coefficient (Wildman–Crippen LogP) is -0.384. The van der Waals surface area contributed by atoms with Gasteiger partial charge in [0, 0.05) is 0 Å². The third kappa shape index (κ3) is 31.0. The van der Waals surface area contributed by atoms with Gasteiger partial charge in [0.25, 0.3) is 0 Å². The van der Waals surface area contributed by atoms with Gasteiger partial charge in [-0.25, -0.2) is 0 Å². The van der Waals surface area contributed by atoms with Crippen molar-refractivity contribution in [3.8, 4) is 0 Å². The van der Waals surface area contributed by atoms with Gasteiger partial charge in [-0.1, -0.05) is 0 Å². The minimum absolute atomic E-state index is 0.290. The Hall–Kier alpha value is 1.44. The van der Waals surface area contributed by atoms with Gasteiger partial charge in [0.2, 0.25) is 0 Å². The Kier molecular flexibility index (Phi) is 2.50. The van der Waals surface area contributed by atoms with Crippen LogP contribution in [0.15, 0.2) is 0 Å². The first-order chi connectivity index (χ1) is 2.00. The fraction of sp³-hybridized carbons (Fsp3) is 1.00. The molecule has 0 rings (SSSR count). The summed E-state index contributed by atoms with van der Waals surface area (Å²) in [7, 11) is 0. The Morgan fingerprint density at radius 2 is 1.60 bits per heavy atom. The molecule has 0 fully saturated rings. The molecule has 0 aliphatic carbocycles. The molecule has 1 nitrogen and oxygen atoms in total. The molecule has 0 heterocycles. The summed E-state index contributed by atoms with van der Waals surface area (Å²) >= 11 is 0.413. The molecule has 2 heteroatoms. The average molecular weight is 148 g/mol. The van der Waals surface area contributed by atoms with Gasteiger partial charge < -0.3 is 0 Å². The van der Waals surface area contributed by atoms with Gasteiger partial charge in [0.1, 0.15) is 0 Å². The molecule has 0 bridgehead atoms. The van der Waals surface area contributed by atoms with Crippen molar-refractivity contribution >= 4 is 43.3 Å². The summed E-state index contributed by atoms with van der Waals surface area (Å²) in [5, 5.41) is 8.61. The Bertz CT molecular complexity index is 22.4. The van der Waals surface area contributed by atoms with Gasteiger partial charge in [-0.05, 0) is 0 Å². The molecule has 0 unspecified atom stereocenters. The fourth-order valence-electron chi connectivity index (χ4n) is 0. The van der Waals surface area contributed by atoms with Crippen LogP contribution in [0, 0.1) is 0 Å². The first-order valence-electron chi connectivity index (χ1n) is 1.72. The van der Waals surface area contributed by atoms with E-state index in [2.05, 4.69) is 0 Å². The molecule has 0 atom stereocenters. The van der Waals surface area contributed by atoms with Crippen molar-refractivity contribution in [2.75, 3.05) is 0 Å². The maximum atomic E-state index is 8.61. The Labute approximate surface area is 61.9 Å². The number of aliphatic hydroxyl groups is 1. The van der Waals surface area contributed by atoms with Crippen molar-refractivity contribution in [1.29, 1.82) is 0 Å². The van der Waals surface area contributed by atoms with Gasteiger partial charge in [0.05, 0.1) is 0 Å². The van der Waals surface area contributed by atoms with Crippen LogP contribution in [-0.2, 0) is 0 Å². The summed E-state index contributed by atoms with van der Waals surface area (Å²) in [6, 6.07) is 0. The summed E-state index contributed by atoms with van der Waals surface area (Å²) in [6.45, 7) is 3.67. The zero-order valence-electron chi connectivity index (χ0n) is 3.95. The van der Waals surface area contributed by atoms with E-state index >= 15 is 0 Å². The van der Waals surface area contributed by atoms with Crippen LogP contribution >= 0.6 is 0 Å². The van der Waals surface area contributed by atoms with Crippen molar-refractivity contribution in [2.24, 2.45) is 0 Å². The van der Waals surface area contributed by atoms with E-state index in [1.165, 1.54) is 0 Å². The van der Waals surface area contributed by atoms with E-state index in [1.807, 2.05) is 13.8 Å². The zero-order chi connectivity index (χ0) is 4.50. The molecule has 0 aliphatic rings. The van der Waals surface area contributed by atoms with Crippen LogP contribution in [0.1, 0.15) is 13.8 Å². The first-order valence-corrected chi connectivity index (χ1v) is 4.18. The third-order valence-electron chi connectivity index (χ3n) is 0. The molecule has 0 aromatic rings. The van der Waals surface area contributed by atoms with E-state index in [0.29, 0.717) is 43.3 Å². The van der Waals surface area contributed by atoms with Crippen molar-refractivity contribution in [1.82, 2.24) is 0 Å². The molecule has 28 valence electrons. The fourth-order valence-corrected chi connectivity index (χ4v) is 0. The first kappa shape index (κ1) is 6.44. The van der Waals surface area contributed by atoms with Crippen LogP contribution in [-0.4, -0.2) is 48.9 Å². The van der Waals surface area contributed by atoms with Crippen molar-refractivity contribution in [2.45, 2.75) is 14.4 Å². The van der Waals surface area contributed by atoms with Gasteiger partial charge in [0.15, 0.2) is 0 Å². The molecule has 0 saturated carbocycles. The second-order valence-corrected chi connectivity index (χ2v) is 8.19. The van der Waals surface area contributed by atoms with Crippen LogP contribution < -0.4 is 0 Å². The number of rotatable bonds is 0. The summed E-state index contributed by atoms with van der Waals surface area (Å²) in [4.78, 5) is 0. The predicted molar refractivity (Wildman–Crippen MR) is 23.4 cm³/mol. The molecular weight excluding hydrogens is 140 g/mol. The van der Waals surface area contributed by atoms with Crippen LogP contribution in [0.3, 0.4) is 0 Å². The Balaban J connectivity index is 3.02. The van der Waals surface area contributed by atoms with Crippen LogP contribution in [0.5, 0.6) is 0 Å². The van der Waals surface area contributed by atoms with Crippen molar-refractivity contribution < 1.29 is 5.11 Å². The summed E-state index contributed by atoms with van der Waals surface area (Å²) in [5.41, 5.74) is 0. The summed E-state index contributed by atoms with van der Waals surface area (Å²) < 4.78 is -0.290. The van der Waals surface area contributed by atoms with E-state index in [1.54, 1.807) is 0 Å². The Morgan fingerprint density at radius 1 is 1.60 bits per heavy atom. The van der Waals surface area contributed by atoms with Crippen molar-refractivity contribution in [3.05, 3.63) is 0 Å². The molecule has 0 aromatic carbocycles. The maximum absolute atomic E-state index is 8.61. The molecule has 0 aromatic heterocycles. The molecular formula is C3H8OSr. The average Bonchev–Trinajstić information content (AvgIpc) is 0.722. The molecule has 0 radical (unpaired) electrons. The zero-order valence-corrected chi connectivity index (χ0v) is 8.86. The van der Waals surface area contributed by atoms with E-state index in [-0.39, 0.29) is 0.572 Å². The summed E-state index contributed by atoms with van der Waals surface area (Å²) in [5.74, 6) is 0. The van der Waals surface area contributed by atoms with Gasteiger partial charge in [-0.15, -0.1) is 0 Å². The van der Waals surface area contributed by atoms with Crippen LogP contribution in [0.25, 0.3) is 0 Å². The standard InChI is InChI=1S/C3H7O.Sr.H/c1-3(2)4;;/h4H,1-2H3;;. The van der Waals surface area contributed by atoms with Gasteiger partial charge >= 0.3 is 62.8 Å². The van der Waals surface area contributed by atoms with E-state index < -0.39 is 0 Å². The summed E-state index contributed by atoms with van der Waals surface area (Å²) in [6.07, 6.45) is 0. The van der Waals surface area contributed by atoms with Crippen LogP contribution in [0.2, 0.25) is 0 Å². The number of hydrogen-bond acceptors (Lipinski definition) is 1. The van der Waals surface area contributed by atoms with E-state index in [0.717, 1.165) is 0 Å². The quantitative estimate of drug-likeness (QED) is 0.463. The molecule has 5 heavy (non-hydrogen) atoms. The Morgan fingerprint density at radius 3 is 1.60 bits per heavy atom. The second kappa shape index (κ2) is 1.94. The van der Waals surface area contributed by atoms with Gasteiger partial charge in [-0.2, -0.15) is 0 Å². The SMILES string of the molecule is C[C](C)(O)[SrH]. The molecule has 1 N–H and O–H groups in total. The van der Waals surface area contributed by atoms with E-state index in [4.69, 9.17) is 5.11 Å². The number of hydrogen-bond donors (Lipinski definition) is 1. The minimum atomic E-state index is -0.290. The molecule has 0 aliphatic heterocycles. The van der Waals surface area contributed by atoms with Crippen molar-refractivity contribution in [3.63, 3.8) is 0 Å².